The van der Waals surface area contributed by atoms with Crippen molar-refractivity contribution in [3.05, 3.63) is 268 Å². The van der Waals surface area contributed by atoms with Crippen LogP contribution >= 0.6 is 0 Å². The van der Waals surface area contributed by atoms with Crippen LogP contribution in [0.3, 0.4) is 0 Å². The predicted molar refractivity (Wildman–Crippen MR) is 289 cm³/mol. The highest BCUT2D eigenvalue weighted by molar-refractivity contribution is 7.85. The van der Waals surface area contributed by atoms with Gasteiger partial charge < -0.3 is 0 Å². The molecule has 0 bridgehead atoms. The van der Waals surface area contributed by atoms with Crippen molar-refractivity contribution in [2.24, 2.45) is 0 Å². The van der Waals surface area contributed by atoms with Gasteiger partial charge in [-0.1, -0.05) is 169 Å². The first-order valence-electron chi connectivity index (χ1n) is 23.8. The molecule has 69 heavy (non-hydrogen) atoms. The van der Waals surface area contributed by atoms with E-state index < -0.39 is 10.1 Å². The third-order valence-electron chi connectivity index (χ3n) is 14.4. The summed E-state index contributed by atoms with van der Waals surface area (Å²) in [5.74, 6) is 0.170. The monoisotopic (exact) mass is 922 g/mol. The highest BCUT2D eigenvalue weighted by Crippen LogP contribution is 2.52. The summed E-state index contributed by atoms with van der Waals surface area (Å²) >= 11 is 0. The second-order valence-corrected chi connectivity index (χ2v) is 20.8. The van der Waals surface area contributed by atoms with Crippen LogP contribution < -0.4 is 8.97 Å². The molecule has 1 N–H and O–H groups in total. The van der Waals surface area contributed by atoms with Crippen LogP contribution in [0, 0.1) is 6.92 Å². The van der Waals surface area contributed by atoms with Crippen molar-refractivity contribution in [1.82, 2.24) is 8.97 Å². The SMILES string of the molecule is C[N+]1(C)C(C=CC2=C(c3ccccc3)C(=CC=C3C(c4ccccc4)c4cc5ccccc5cc4[N+]3(C)C)CCC2)=C(c2ccccc2)c2cc3ccccc3cc21.Cc1ccc(S(=O)(=O)O)cc1. The van der Waals surface area contributed by atoms with Gasteiger partial charge in [-0.05, 0) is 111 Å². The molecule has 3 aliphatic rings. The van der Waals surface area contributed by atoms with E-state index in [4.69, 9.17) is 4.55 Å². The number of rotatable bonds is 7. The normalized spacial score (nSPS) is 18.5. The minimum atomic E-state index is -4.02. The Kier molecular flexibility index (Phi) is 12.1. The smallest absolute Gasteiger partial charge is 0.282 e. The van der Waals surface area contributed by atoms with Crippen LogP contribution in [0.25, 0.3) is 32.7 Å². The number of hydrogen-bond acceptors (Lipinski definition) is 2. The fourth-order valence-corrected chi connectivity index (χ4v) is 11.3. The zero-order valence-corrected chi connectivity index (χ0v) is 40.8. The summed E-state index contributed by atoms with van der Waals surface area (Å²) in [5, 5.41) is 5.15. The Hall–Kier alpha value is -7.19. The van der Waals surface area contributed by atoms with E-state index in [0.717, 1.165) is 29.3 Å². The highest BCUT2D eigenvalue weighted by atomic mass is 32.2. The summed E-state index contributed by atoms with van der Waals surface area (Å²) in [7, 11) is 5.41. The van der Waals surface area contributed by atoms with E-state index in [2.05, 4.69) is 216 Å². The molecule has 1 atom stereocenters. The molecule has 0 saturated heterocycles. The van der Waals surface area contributed by atoms with Crippen molar-refractivity contribution >= 4 is 54.2 Å². The Morgan fingerprint density at radius 3 is 1.65 bits per heavy atom. The number of benzene rings is 8. The third-order valence-corrected chi connectivity index (χ3v) is 15.2. The molecule has 5 nitrogen and oxygen atoms in total. The lowest BCUT2D eigenvalue weighted by Crippen LogP contribution is -2.37. The van der Waals surface area contributed by atoms with E-state index in [1.165, 1.54) is 107 Å². The van der Waals surface area contributed by atoms with Gasteiger partial charge in [0.05, 0.1) is 50.1 Å². The van der Waals surface area contributed by atoms with Crippen LogP contribution in [-0.4, -0.2) is 41.2 Å². The van der Waals surface area contributed by atoms with Crippen molar-refractivity contribution < 1.29 is 13.0 Å². The van der Waals surface area contributed by atoms with Gasteiger partial charge >= 0.3 is 0 Å². The molecule has 0 radical (unpaired) electrons. The van der Waals surface area contributed by atoms with Gasteiger partial charge in [0.15, 0.2) is 0 Å². The molecular formula is C63H58N2O3S+2. The van der Waals surface area contributed by atoms with Crippen molar-refractivity contribution in [3.8, 4) is 0 Å². The topological polar surface area (TPSA) is 54.4 Å². The molecule has 2 aliphatic heterocycles. The van der Waals surface area contributed by atoms with Crippen LogP contribution in [0.5, 0.6) is 0 Å². The summed E-state index contributed by atoms with van der Waals surface area (Å²) in [6.45, 7) is 1.84. The molecule has 11 rings (SSSR count). The lowest BCUT2D eigenvalue weighted by atomic mass is 9.82. The maximum absolute atomic E-state index is 10.5. The molecule has 8 aromatic rings. The number of hydrogen-bond donors (Lipinski definition) is 1. The molecule has 0 spiro atoms. The zero-order valence-electron chi connectivity index (χ0n) is 40.0. The maximum atomic E-state index is 10.5. The van der Waals surface area contributed by atoms with Gasteiger partial charge in [0, 0.05) is 23.8 Å². The molecule has 0 aromatic heterocycles. The average Bonchev–Trinajstić information content (AvgIpc) is 3.71. The minimum absolute atomic E-state index is 0.0666. The van der Waals surface area contributed by atoms with E-state index in [1.807, 2.05) is 6.92 Å². The quantitative estimate of drug-likeness (QED) is 0.128. The Morgan fingerprint density at radius 2 is 1.06 bits per heavy atom. The first kappa shape index (κ1) is 45.6. The Bertz CT molecular complexity index is 3530. The number of quaternary nitrogens is 2. The Balaban J connectivity index is 0.000000445. The number of likely N-dealkylation sites (N-methyl/N-ethyl adjacent to an activating group) is 2. The standard InChI is InChI=1S/C56H50N2.C7H8O3S/c1-57(2)50(55(40-21-10-6-11-22-40)48-35-44-25-14-16-27-46(44)37-52(48)57)33-31-42-29-18-30-43(54(42)39-19-8-5-9-20-39)32-34-51-56(41-23-12-7-13-24-41)49-36-45-26-15-17-28-47(45)38-53(49)58(51,3)4;1-6-2-4-7(5-3-6)11(8,9)10/h5-17,19-28,31-38,55H,18,29-30H2,1-4H3;2-5H,1H3,(H,8,9,10)/q+2;. The summed E-state index contributed by atoms with van der Waals surface area (Å²) < 4.78 is 31.0. The molecule has 1 aliphatic carbocycles. The molecule has 0 fully saturated rings. The molecule has 342 valence electrons. The van der Waals surface area contributed by atoms with Crippen LogP contribution in [0.2, 0.25) is 0 Å². The molecule has 0 amide bonds. The van der Waals surface area contributed by atoms with Crippen molar-refractivity contribution in [2.75, 3.05) is 28.2 Å². The van der Waals surface area contributed by atoms with Gasteiger partial charge in [-0.25, -0.2) is 0 Å². The number of aryl methyl sites for hydroxylation is 1. The van der Waals surface area contributed by atoms with Crippen LogP contribution in [-0.2, 0) is 10.1 Å². The molecule has 8 aromatic carbocycles. The molecule has 0 saturated carbocycles. The van der Waals surface area contributed by atoms with Crippen molar-refractivity contribution in [3.63, 3.8) is 0 Å². The van der Waals surface area contributed by atoms with Gasteiger partial charge in [0.1, 0.15) is 22.8 Å². The number of fused-ring (bicyclic) bond motifs is 4. The van der Waals surface area contributed by atoms with Crippen LogP contribution in [0.1, 0.15) is 58.6 Å². The summed E-state index contributed by atoms with van der Waals surface area (Å²) in [5.41, 5.74) is 18.5. The average molecular weight is 923 g/mol. The van der Waals surface area contributed by atoms with E-state index in [9.17, 15) is 8.42 Å². The van der Waals surface area contributed by atoms with E-state index in [-0.39, 0.29) is 10.8 Å². The summed E-state index contributed by atoms with van der Waals surface area (Å²) in [6.07, 6.45) is 13.0. The number of nitrogens with zero attached hydrogens (tertiary/aromatic N) is 2. The second kappa shape index (κ2) is 18.4. The molecule has 2 heterocycles. The summed E-state index contributed by atoms with van der Waals surface area (Å²) in [4.78, 5) is -0.0666. The fourth-order valence-electron chi connectivity index (χ4n) is 10.8. The molecule has 6 heteroatoms. The van der Waals surface area contributed by atoms with E-state index in [1.54, 1.807) is 12.1 Å². The van der Waals surface area contributed by atoms with Crippen molar-refractivity contribution in [2.45, 2.75) is 37.0 Å². The first-order chi connectivity index (χ1) is 33.3. The Labute approximate surface area is 407 Å². The van der Waals surface area contributed by atoms with E-state index >= 15 is 0 Å². The fraction of sp³-hybridized carbons (Fsp3) is 0.143. The summed E-state index contributed by atoms with van der Waals surface area (Å²) in [6, 6.07) is 66.4. The largest absolute Gasteiger partial charge is 0.294 e. The molecule has 1 unspecified atom stereocenters. The lowest BCUT2D eigenvalue weighted by Gasteiger charge is -2.28. The highest BCUT2D eigenvalue weighted by Gasteiger charge is 2.45. The van der Waals surface area contributed by atoms with Gasteiger partial charge in [-0.15, -0.1) is 0 Å². The zero-order chi connectivity index (χ0) is 47.9. The number of allylic oxidation sites excluding steroid dienone is 8. The maximum Gasteiger partial charge on any atom is 0.294 e. The van der Waals surface area contributed by atoms with Gasteiger partial charge in [0.2, 0.25) is 0 Å². The van der Waals surface area contributed by atoms with Gasteiger partial charge in [0.25, 0.3) is 10.1 Å². The minimum Gasteiger partial charge on any atom is -0.282 e. The van der Waals surface area contributed by atoms with Gasteiger partial charge in [-0.3, -0.25) is 13.5 Å². The first-order valence-corrected chi connectivity index (χ1v) is 25.3. The molecular weight excluding hydrogens is 865 g/mol. The Morgan fingerprint density at radius 1 is 0.536 bits per heavy atom. The van der Waals surface area contributed by atoms with Crippen LogP contribution in [0.4, 0.5) is 11.4 Å². The van der Waals surface area contributed by atoms with E-state index in [0.29, 0.717) is 4.48 Å². The second-order valence-electron chi connectivity index (χ2n) is 19.4. The lowest BCUT2D eigenvalue weighted by molar-refractivity contribution is 0.483. The van der Waals surface area contributed by atoms with Crippen LogP contribution in [0.15, 0.2) is 240 Å². The predicted octanol–water partition coefficient (Wildman–Crippen LogP) is 15.0. The third kappa shape index (κ3) is 8.78. The van der Waals surface area contributed by atoms with Crippen molar-refractivity contribution in [1.29, 1.82) is 0 Å². The van der Waals surface area contributed by atoms with Gasteiger partial charge in [-0.2, -0.15) is 8.42 Å².